The molecule has 290 valence electrons. The largest absolute Gasteiger partial charge is 0.493 e. The highest BCUT2D eigenvalue weighted by molar-refractivity contribution is 6.01. The number of nitrogens with one attached hydrogen (secondary N) is 3. The molecule has 12 nitrogen and oxygen atoms in total. The van der Waals surface area contributed by atoms with Gasteiger partial charge in [-0.1, -0.05) is 0 Å². The van der Waals surface area contributed by atoms with Gasteiger partial charge in [0.15, 0.2) is 0 Å². The van der Waals surface area contributed by atoms with Crippen molar-refractivity contribution in [1.82, 2.24) is 25.1 Å². The van der Waals surface area contributed by atoms with E-state index in [1.54, 1.807) is 18.2 Å². The lowest BCUT2D eigenvalue weighted by molar-refractivity contribution is -0.133. The fourth-order valence-electron chi connectivity index (χ4n) is 8.90. The standard InChI is InChI=1S/C40H51F2N7O5/c41-31-19-27(43-33-3-6-37(50)46-39(33)51)2-4-35(31)48-15-9-28(10-16-48)49-22-29(23-49)47-13-7-26(8-14-47)24-54-30-20-32(42)38-34(21-30)44-36(45-40(38)52)5-1-25-11-17-53-18-12-25/h2,4,19-21,25-26,28-29,33,43H,1,3,5-18,22-24H2,(H,44,45,52)(H,46,50,51). The summed E-state index contributed by atoms with van der Waals surface area (Å²) < 4.78 is 41.8. The quantitative estimate of drug-likeness (QED) is 0.245. The minimum absolute atomic E-state index is 0.0210. The van der Waals surface area contributed by atoms with E-state index in [9.17, 15) is 14.4 Å². The molecule has 3 aromatic rings. The van der Waals surface area contributed by atoms with Crippen molar-refractivity contribution < 1.29 is 27.8 Å². The van der Waals surface area contributed by atoms with E-state index in [4.69, 9.17) is 9.47 Å². The smallest absolute Gasteiger partial charge is 0.261 e. The summed E-state index contributed by atoms with van der Waals surface area (Å²) >= 11 is 0. The lowest BCUT2D eigenvalue weighted by Crippen LogP contribution is -2.64. The van der Waals surface area contributed by atoms with Crippen LogP contribution in [0.2, 0.25) is 0 Å². The third-order valence-corrected chi connectivity index (χ3v) is 12.3. The van der Waals surface area contributed by atoms with Gasteiger partial charge in [-0.2, -0.15) is 0 Å². The maximum atomic E-state index is 15.2. The number of amides is 2. The molecule has 1 aromatic heterocycles. The third kappa shape index (κ3) is 8.40. The molecule has 2 amide bonds. The van der Waals surface area contributed by atoms with Gasteiger partial charge < -0.3 is 24.7 Å². The summed E-state index contributed by atoms with van der Waals surface area (Å²) in [6.45, 7) is 7.78. The van der Waals surface area contributed by atoms with Gasteiger partial charge in [-0.25, -0.2) is 13.8 Å². The first-order chi connectivity index (χ1) is 26.3. The highest BCUT2D eigenvalue weighted by Gasteiger charge is 2.38. The lowest BCUT2D eigenvalue weighted by Gasteiger charge is -2.52. The molecule has 5 aliphatic rings. The summed E-state index contributed by atoms with van der Waals surface area (Å²) in [5.41, 5.74) is 1.01. The van der Waals surface area contributed by atoms with E-state index in [1.165, 1.54) is 12.1 Å². The molecule has 8 rings (SSSR count). The molecule has 6 heterocycles. The van der Waals surface area contributed by atoms with Crippen LogP contribution in [0.15, 0.2) is 35.1 Å². The molecule has 1 unspecified atom stereocenters. The van der Waals surface area contributed by atoms with Gasteiger partial charge in [0.05, 0.1) is 17.8 Å². The third-order valence-electron chi connectivity index (χ3n) is 12.3. The Morgan fingerprint density at radius 3 is 2.37 bits per heavy atom. The number of fused-ring (bicyclic) bond motifs is 1. The number of H-pyrrole nitrogens is 1. The Morgan fingerprint density at radius 2 is 1.63 bits per heavy atom. The molecular weight excluding hydrogens is 696 g/mol. The number of likely N-dealkylation sites (tertiary alicyclic amines) is 2. The monoisotopic (exact) mass is 747 g/mol. The number of aromatic nitrogens is 2. The molecule has 1 atom stereocenters. The SMILES string of the molecule is O=C1CCC(Nc2ccc(N3CCC(N4CC(N5CCC(COc6cc(F)c7c(=O)[nH]c(CCC8CCOCC8)nc7c6)CC5)C4)CC3)c(F)c2)C(=O)N1. The van der Waals surface area contributed by atoms with Crippen LogP contribution < -0.4 is 25.8 Å². The minimum atomic E-state index is -0.607. The minimum Gasteiger partial charge on any atom is -0.493 e. The van der Waals surface area contributed by atoms with Crippen molar-refractivity contribution in [2.24, 2.45) is 11.8 Å². The maximum absolute atomic E-state index is 15.2. The van der Waals surface area contributed by atoms with Crippen LogP contribution in [0.25, 0.3) is 10.9 Å². The molecule has 3 N–H and O–H groups in total. The maximum Gasteiger partial charge on any atom is 0.261 e. The molecule has 5 aliphatic heterocycles. The van der Waals surface area contributed by atoms with E-state index in [1.807, 2.05) is 0 Å². The van der Waals surface area contributed by atoms with Gasteiger partial charge in [0.1, 0.15) is 34.6 Å². The Morgan fingerprint density at radius 1 is 0.852 bits per heavy atom. The number of hydrogen-bond acceptors (Lipinski definition) is 10. The second-order valence-electron chi connectivity index (χ2n) is 15.8. The molecule has 0 bridgehead atoms. The van der Waals surface area contributed by atoms with Gasteiger partial charge in [0.25, 0.3) is 5.56 Å². The predicted molar refractivity (Wildman–Crippen MR) is 201 cm³/mol. The topological polar surface area (TPSA) is 132 Å². The Labute approximate surface area is 313 Å². The average Bonchev–Trinajstić information content (AvgIpc) is 3.15. The number of aromatic amines is 1. The van der Waals surface area contributed by atoms with Gasteiger partial charge >= 0.3 is 0 Å². The molecule has 0 radical (unpaired) electrons. The van der Waals surface area contributed by atoms with Gasteiger partial charge in [0, 0.05) is 82.1 Å². The number of ether oxygens (including phenoxy) is 2. The molecule has 54 heavy (non-hydrogen) atoms. The highest BCUT2D eigenvalue weighted by Crippen LogP contribution is 2.32. The number of nitrogens with zero attached hydrogens (tertiary/aromatic N) is 4. The van der Waals surface area contributed by atoms with Crippen LogP contribution in [-0.2, 0) is 20.7 Å². The zero-order chi connectivity index (χ0) is 37.2. The molecule has 5 saturated heterocycles. The Kier molecular flexibility index (Phi) is 11.1. The van der Waals surface area contributed by atoms with E-state index in [0.717, 1.165) is 97.4 Å². The lowest BCUT2D eigenvalue weighted by atomic mass is 9.92. The molecule has 0 spiro atoms. The van der Waals surface area contributed by atoms with Crippen LogP contribution in [-0.4, -0.2) is 109 Å². The fraction of sp³-hybridized carbons (Fsp3) is 0.600. The van der Waals surface area contributed by atoms with Crippen molar-refractivity contribution in [2.75, 3.05) is 69.3 Å². The van der Waals surface area contributed by atoms with E-state index >= 15 is 8.78 Å². The zero-order valence-electron chi connectivity index (χ0n) is 30.8. The van der Waals surface area contributed by atoms with Crippen LogP contribution in [0.3, 0.4) is 0 Å². The molecule has 0 aliphatic carbocycles. The number of anilines is 2. The summed E-state index contributed by atoms with van der Waals surface area (Å²) in [7, 11) is 0. The predicted octanol–water partition coefficient (Wildman–Crippen LogP) is 4.22. The van der Waals surface area contributed by atoms with E-state index in [2.05, 4.69) is 35.3 Å². The number of carbonyl (C=O) groups excluding carboxylic acids is 2. The van der Waals surface area contributed by atoms with E-state index in [0.29, 0.717) is 71.8 Å². The van der Waals surface area contributed by atoms with Gasteiger partial charge in [0.2, 0.25) is 11.8 Å². The van der Waals surface area contributed by atoms with Crippen molar-refractivity contribution in [3.05, 3.63) is 58.1 Å². The van der Waals surface area contributed by atoms with Crippen LogP contribution in [0.5, 0.6) is 5.75 Å². The molecule has 5 fully saturated rings. The molecule has 0 saturated carbocycles. The van der Waals surface area contributed by atoms with Gasteiger partial charge in [-0.15, -0.1) is 0 Å². The molecule has 2 aromatic carbocycles. The summed E-state index contributed by atoms with van der Waals surface area (Å²) in [5, 5.41) is 5.36. The van der Waals surface area contributed by atoms with Gasteiger partial charge in [-0.3, -0.25) is 29.5 Å². The van der Waals surface area contributed by atoms with Crippen molar-refractivity contribution in [3.8, 4) is 5.75 Å². The average molecular weight is 748 g/mol. The summed E-state index contributed by atoms with van der Waals surface area (Å²) in [6, 6.07) is 8.53. The molecular formula is C40H51F2N7O5. The molecule has 14 heteroatoms. The Bertz CT molecular complexity index is 1880. The first-order valence-electron chi connectivity index (χ1n) is 19.8. The second kappa shape index (κ2) is 16.3. The van der Waals surface area contributed by atoms with E-state index in [-0.39, 0.29) is 29.4 Å². The highest BCUT2D eigenvalue weighted by atomic mass is 19.1. The summed E-state index contributed by atoms with van der Waals surface area (Å²) in [6.07, 6.45) is 8.27. The number of imide groups is 1. The van der Waals surface area contributed by atoms with Crippen molar-refractivity contribution >= 4 is 34.1 Å². The number of aryl methyl sites for hydroxylation is 1. The van der Waals surface area contributed by atoms with Crippen molar-refractivity contribution in [3.63, 3.8) is 0 Å². The first-order valence-corrected chi connectivity index (χ1v) is 19.8. The van der Waals surface area contributed by atoms with E-state index < -0.39 is 17.4 Å². The number of rotatable bonds is 11. The number of halogens is 2. The van der Waals surface area contributed by atoms with Gasteiger partial charge in [-0.05, 0) is 94.5 Å². The number of hydrogen-bond donors (Lipinski definition) is 3. The van der Waals surface area contributed by atoms with Crippen molar-refractivity contribution in [1.29, 1.82) is 0 Å². The van der Waals surface area contributed by atoms with Crippen LogP contribution in [0.4, 0.5) is 20.2 Å². The Hall–Kier alpha value is -4.14. The fourth-order valence-corrected chi connectivity index (χ4v) is 8.90. The summed E-state index contributed by atoms with van der Waals surface area (Å²) in [4.78, 5) is 50.9. The van der Waals surface area contributed by atoms with Crippen LogP contribution in [0, 0.1) is 23.5 Å². The normalized spacial score (nSPS) is 23.1. The number of piperidine rings is 3. The Balaban J connectivity index is 0.756. The second-order valence-corrected chi connectivity index (χ2v) is 15.8. The number of benzene rings is 2. The number of carbonyl (C=O) groups is 2. The van der Waals surface area contributed by atoms with Crippen LogP contribution in [0.1, 0.15) is 63.6 Å². The van der Waals surface area contributed by atoms with Crippen molar-refractivity contribution in [2.45, 2.75) is 82.3 Å². The first kappa shape index (κ1) is 36.8. The van der Waals surface area contributed by atoms with Crippen LogP contribution >= 0.6 is 0 Å². The summed E-state index contributed by atoms with van der Waals surface area (Å²) in [5.74, 6) is 0.364. The zero-order valence-corrected chi connectivity index (χ0v) is 30.8.